The first-order valence-electron chi connectivity index (χ1n) is 13.4. The van der Waals surface area contributed by atoms with Crippen LogP contribution < -0.4 is 0 Å². The molecule has 1 aliphatic rings. The zero-order chi connectivity index (χ0) is 26.4. The number of benzene rings is 3. The molecule has 198 valence electrons. The van der Waals surface area contributed by atoms with Crippen molar-refractivity contribution in [2.24, 2.45) is 0 Å². The Balaban J connectivity index is 1.77. The topological polar surface area (TPSA) is 90.2 Å². The number of aliphatic hydroxyl groups is 4. The molecule has 1 aliphatic heterocycles. The van der Waals surface area contributed by atoms with Gasteiger partial charge in [-0.2, -0.15) is 0 Å². The average molecular weight is 505 g/mol. The number of ether oxygens (including phenoxy) is 1. The van der Waals surface area contributed by atoms with Crippen LogP contribution in [0.2, 0.25) is 0 Å². The van der Waals surface area contributed by atoms with Crippen LogP contribution in [0.15, 0.2) is 91.0 Å². The standard InChI is InChI=1S/C32H40O5/c1-2-3-13-20-31(35)24-30(34,22-26-16-9-5-10-17-26)32(36,23-27-18-11-6-12-19-27)29(37-31)28(33)21-25-14-7-4-8-15-25/h4-12,14-19,28-29,33-36H,2-3,13,20-24H2,1H3/t28?,29-,30-,31+,32-/m1/s1. The van der Waals surface area contributed by atoms with Crippen molar-refractivity contribution in [1.82, 2.24) is 0 Å². The van der Waals surface area contributed by atoms with Gasteiger partial charge >= 0.3 is 0 Å². The molecule has 0 amide bonds. The highest BCUT2D eigenvalue weighted by atomic mass is 16.6. The van der Waals surface area contributed by atoms with E-state index >= 15 is 0 Å². The molecule has 0 aromatic heterocycles. The monoisotopic (exact) mass is 504 g/mol. The second-order valence-corrected chi connectivity index (χ2v) is 10.7. The first-order valence-corrected chi connectivity index (χ1v) is 13.4. The van der Waals surface area contributed by atoms with Gasteiger partial charge in [-0.15, -0.1) is 0 Å². The molecule has 1 fully saturated rings. The van der Waals surface area contributed by atoms with Crippen molar-refractivity contribution in [3.63, 3.8) is 0 Å². The Labute approximate surface area is 220 Å². The van der Waals surface area contributed by atoms with E-state index in [2.05, 4.69) is 6.92 Å². The summed E-state index contributed by atoms with van der Waals surface area (Å²) in [5, 5.41) is 48.1. The summed E-state index contributed by atoms with van der Waals surface area (Å²) in [5.41, 5.74) is -1.09. The van der Waals surface area contributed by atoms with Crippen LogP contribution in [0.4, 0.5) is 0 Å². The molecule has 4 rings (SSSR count). The molecule has 0 bridgehead atoms. The van der Waals surface area contributed by atoms with E-state index < -0.39 is 29.2 Å². The van der Waals surface area contributed by atoms with Gasteiger partial charge in [0.15, 0.2) is 5.79 Å². The Morgan fingerprint density at radius 1 is 0.757 bits per heavy atom. The fourth-order valence-electron chi connectivity index (χ4n) is 5.73. The van der Waals surface area contributed by atoms with E-state index in [1.54, 1.807) is 0 Å². The van der Waals surface area contributed by atoms with Crippen LogP contribution in [0, 0.1) is 0 Å². The molecule has 0 spiro atoms. The lowest BCUT2D eigenvalue weighted by Gasteiger charge is -2.57. The molecule has 3 aromatic carbocycles. The number of unbranched alkanes of at least 4 members (excludes halogenated alkanes) is 2. The highest BCUT2D eigenvalue weighted by Gasteiger charge is 2.64. The van der Waals surface area contributed by atoms with Crippen molar-refractivity contribution in [2.45, 2.75) is 87.5 Å². The first kappa shape index (κ1) is 27.5. The minimum absolute atomic E-state index is 0.0682. The summed E-state index contributed by atoms with van der Waals surface area (Å²) >= 11 is 0. The minimum Gasteiger partial charge on any atom is -0.390 e. The summed E-state index contributed by atoms with van der Waals surface area (Å²) in [6, 6.07) is 28.5. The molecule has 0 aliphatic carbocycles. The Morgan fingerprint density at radius 3 is 1.81 bits per heavy atom. The average Bonchev–Trinajstić information content (AvgIpc) is 2.88. The van der Waals surface area contributed by atoms with Gasteiger partial charge in [0.2, 0.25) is 0 Å². The Hall–Kier alpha value is -2.54. The SMILES string of the molecule is CCCCC[C@@]1(O)C[C@](O)(Cc2ccccc2)[C@@](O)(Cc2ccccc2)[C@@H](C(O)Cc2ccccc2)O1. The fraction of sp³-hybridized carbons (Fsp3) is 0.438. The van der Waals surface area contributed by atoms with Crippen LogP contribution in [-0.2, 0) is 24.0 Å². The fourth-order valence-corrected chi connectivity index (χ4v) is 5.73. The van der Waals surface area contributed by atoms with Crippen LogP contribution in [0.5, 0.6) is 0 Å². The molecule has 5 heteroatoms. The predicted octanol–water partition coefficient (Wildman–Crippen LogP) is 4.60. The largest absolute Gasteiger partial charge is 0.390 e. The second-order valence-electron chi connectivity index (χ2n) is 10.7. The molecule has 0 radical (unpaired) electrons. The van der Waals surface area contributed by atoms with Gasteiger partial charge in [0, 0.05) is 32.1 Å². The second kappa shape index (κ2) is 11.9. The van der Waals surface area contributed by atoms with Crippen LogP contribution in [0.1, 0.15) is 55.7 Å². The predicted molar refractivity (Wildman–Crippen MR) is 145 cm³/mol. The highest BCUT2D eigenvalue weighted by molar-refractivity contribution is 5.27. The van der Waals surface area contributed by atoms with Crippen LogP contribution in [-0.4, -0.2) is 49.6 Å². The number of hydrogen-bond acceptors (Lipinski definition) is 5. The molecule has 5 nitrogen and oxygen atoms in total. The molecule has 5 atom stereocenters. The van der Waals surface area contributed by atoms with E-state index in [1.165, 1.54) is 0 Å². The van der Waals surface area contributed by atoms with Crippen molar-refractivity contribution in [3.8, 4) is 0 Å². The number of rotatable bonds is 11. The lowest BCUT2D eigenvalue weighted by Crippen LogP contribution is -2.74. The molecule has 37 heavy (non-hydrogen) atoms. The Morgan fingerprint density at radius 2 is 1.27 bits per heavy atom. The van der Waals surface area contributed by atoms with Gasteiger partial charge in [-0.3, -0.25) is 0 Å². The lowest BCUT2D eigenvalue weighted by atomic mass is 9.64. The maximum absolute atomic E-state index is 12.5. The van der Waals surface area contributed by atoms with Gasteiger partial charge in [-0.05, 0) is 23.1 Å². The lowest BCUT2D eigenvalue weighted by molar-refractivity contribution is -0.371. The summed E-state index contributed by atoms with van der Waals surface area (Å²) in [6.07, 6.45) is 0.783. The summed E-state index contributed by atoms with van der Waals surface area (Å²) in [6.45, 7) is 2.09. The van der Waals surface area contributed by atoms with E-state index in [9.17, 15) is 20.4 Å². The molecular weight excluding hydrogens is 464 g/mol. The van der Waals surface area contributed by atoms with E-state index in [4.69, 9.17) is 4.74 Å². The highest BCUT2D eigenvalue weighted by Crippen LogP contribution is 2.48. The van der Waals surface area contributed by atoms with Gasteiger partial charge in [-0.25, -0.2) is 0 Å². The zero-order valence-corrected chi connectivity index (χ0v) is 21.7. The van der Waals surface area contributed by atoms with Crippen LogP contribution in [0.25, 0.3) is 0 Å². The zero-order valence-electron chi connectivity index (χ0n) is 21.7. The van der Waals surface area contributed by atoms with Gasteiger partial charge in [0.1, 0.15) is 17.3 Å². The number of aliphatic hydroxyl groups excluding tert-OH is 1. The van der Waals surface area contributed by atoms with Crippen molar-refractivity contribution in [3.05, 3.63) is 108 Å². The molecular formula is C32H40O5. The molecule has 1 saturated heterocycles. The van der Waals surface area contributed by atoms with Gasteiger partial charge in [0.05, 0.1) is 6.10 Å². The third-order valence-corrected chi connectivity index (χ3v) is 7.66. The van der Waals surface area contributed by atoms with Crippen molar-refractivity contribution in [2.75, 3.05) is 0 Å². The summed E-state index contributed by atoms with van der Waals surface area (Å²) in [5.74, 6) is -1.68. The normalized spacial score (nSPS) is 28.6. The smallest absolute Gasteiger partial charge is 0.168 e. The Kier molecular flexibility index (Phi) is 8.83. The van der Waals surface area contributed by atoms with Crippen LogP contribution in [0.3, 0.4) is 0 Å². The van der Waals surface area contributed by atoms with Gasteiger partial charge in [0.25, 0.3) is 0 Å². The molecule has 1 unspecified atom stereocenters. The Bertz CT molecular complexity index is 1090. The summed E-state index contributed by atoms with van der Waals surface area (Å²) < 4.78 is 6.27. The molecule has 4 N–H and O–H groups in total. The maximum atomic E-state index is 12.5. The quantitative estimate of drug-likeness (QED) is 0.287. The maximum Gasteiger partial charge on any atom is 0.168 e. The van der Waals surface area contributed by atoms with Crippen molar-refractivity contribution < 1.29 is 25.2 Å². The third-order valence-electron chi connectivity index (χ3n) is 7.66. The number of hydrogen-bond donors (Lipinski definition) is 4. The minimum atomic E-state index is -1.87. The molecule has 1 heterocycles. The van der Waals surface area contributed by atoms with Crippen LogP contribution >= 0.6 is 0 Å². The molecule has 3 aromatic rings. The van der Waals surface area contributed by atoms with E-state index in [0.717, 1.165) is 29.5 Å². The van der Waals surface area contributed by atoms with E-state index in [1.807, 2.05) is 91.0 Å². The van der Waals surface area contributed by atoms with Crippen molar-refractivity contribution >= 4 is 0 Å². The summed E-state index contributed by atoms with van der Waals surface area (Å²) in [4.78, 5) is 0. The van der Waals surface area contributed by atoms with E-state index in [0.29, 0.717) is 12.8 Å². The third kappa shape index (κ3) is 6.49. The van der Waals surface area contributed by atoms with E-state index in [-0.39, 0.29) is 25.7 Å². The molecule has 0 saturated carbocycles. The van der Waals surface area contributed by atoms with Gasteiger partial charge < -0.3 is 25.2 Å². The summed E-state index contributed by atoms with van der Waals surface area (Å²) in [7, 11) is 0. The van der Waals surface area contributed by atoms with Crippen molar-refractivity contribution in [1.29, 1.82) is 0 Å². The first-order chi connectivity index (χ1) is 17.8. The van der Waals surface area contributed by atoms with Gasteiger partial charge in [-0.1, -0.05) is 111 Å².